The zero-order chi connectivity index (χ0) is 13.0. The third-order valence-corrected chi connectivity index (χ3v) is 3.30. The minimum atomic E-state index is -0.405. The Morgan fingerprint density at radius 1 is 1.33 bits per heavy atom. The molecule has 0 atom stereocenters. The average molecular weight is 250 g/mol. The highest BCUT2D eigenvalue weighted by Gasteiger charge is 2.21. The van der Waals surface area contributed by atoms with Crippen molar-refractivity contribution in [1.29, 1.82) is 0 Å². The van der Waals surface area contributed by atoms with E-state index in [9.17, 15) is 10.1 Å². The quantitative estimate of drug-likeness (QED) is 0.658. The second-order valence-corrected chi connectivity index (χ2v) is 4.64. The van der Waals surface area contributed by atoms with Crippen molar-refractivity contribution in [3.05, 3.63) is 33.9 Å². The van der Waals surface area contributed by atoms with Crippen LogP contribution in [0.1, 0.15) is 37.7 Å². The molecule has 5 nitrogen and oxygen atoms in total. The van der Waals surface area contributed by atoms with E-state index in [0.29, 0.717) is 12.3 Å². The van der Waals surface area contributed by atoms with Crippen molar-refractivity contribution in [2.75, 3.05) is 0 Å². The SMILES string of the molecule is NCc1ccc(OC2CCCCC2)c([N+](=O)[O-])c1. The molecule has 0 radical (unpaired) electrons. The van der Waals surface area contributed by atoms with Crippen LogP contribution in [-0.2, 0) is 6.54 Å². The molecule has 98 valence electrons. The highest BCUT2D eigenvalue weighted by molar-refractivity contribution is 5.48. The standard InChI is InChI=1S/C13H18N2O3/c14-9-10-6-7-13(12(8-10)15(16)17)18-11-4-2-1-3-5-11/h6-8,11H,1-5,9,14H2. The van der Waals surface area contributed by atoms with Crippen LogP contribution in [0.4, 0.5) is 5.69 Å². The van der Waals surface area contributed by atoms with Crippen LogP contribution >= 0.6 is 0 Å². The molecule has 0 spiro atoms. The van der Waals surface area contributed by atoms with E-state index in [1.165, 1.54) is 12.5 Å². The zero-order valence-corrected chi connectivity index (χ0v) is 10.3. The Morgan fingerprint density at radius 2 is 2.06 bits per heavy atom. The van der Waals surface area contributed by atoms with Gasteiger partial charge >= 0.3 is 5.69 Å². The first-order valence-electron chi connectivity index (χ1n) is 6.34. The minimum Gasteiger partial charge on any atom is -0.484 e. The van der Waals surface area contributed by atoms with Gasteiger partial charge in [-0.05, 0) is 37.3 Å². The highest BCUT2D eigenvalue weighted by atomic mass is 16.6. The lowest BCUT2D eigenvalue weighted by molar-refractivity contribution is -0.386. The summed E-state index contributed by atoms with van der Waals surface area (Å²) < 4.78 is 5.76. The van der Waals surface area contributed by atoms with Crippen molar-refractivity contribution in [2.24, 2.45) is 5.73 Å². The fraction of sp³-hybridized carbons (Fsp3) is 0.538. The van der Waals surface area contributed by atoms with Crippen LogP contribution in [0.25, 0.3) is 0 Å². The third-order valence-electron chi connectivity index (χ3n) is 3.30. The molecule has 5 heteroatoms. The number of rotatable bonds is 4. The summed E-state index contributed by atoms with van der Waals surface area (Å²) in [7, 11) is 0. The number of hydrogen-bond acceptors (Lipinski definition) is 4. The van der Waals surface area contributed by atoms with Crippen LogP contribution in [-0.4, -0.2) is 11.0 Å². The number of hydrogen-bond donors (Lipinski definition) is 1. The first-order chi connectivity index (χ1) is 8.70. The van der Waals surface area contributed by atoms with Gasteiger partial charge in [0.1, 0.15) is 0 Å². The molecule has 18 heavy (non-hydrogen) atoms. The Labute approximate surface area is 106 Å². The largest absolute Gasteiger partial charge is 0.484 e. The van der Waals surface area contributed by atoms with Gasteiger partial charge in [0.25, 0.3) is 0 Å². The summed E-state index contributed by atoms with van der Waals surface area (Å²) in [5, 5.41) is 11.0. The molecule has 0 unspecified atom stereocenters. The molecule has 0 heterocycles. The average Bonchev–Trinajstić information content (AvgIpc) is 2.40. The Kier molecular flexibility index (Phi) is 4.15. The third kappa shape index (κ3) is 2.98. The molecule has 0 aliphatic heterocycles. The molecule has 1 fully saturated rings. The molecule has 0 aromatic heterocycles. The Balaban J connectivity index is 2.17. The second kappa shape index (κ2) is 5.82. The van der Waals surface area contributed by atoms with Crippen molar-refractivity contribution in [3.63, 3.8) is 0 Å². The van der Waals surface area contributed by atoms with Crippen LogP contribution in [0, 0.1) is 10.1 Å². The molecule has 1 aliphatic carbocycles. The topological polar surface area (TPSA) is 78.4 Å². The predicted molar refractivity (Wildman–Crippen MR) is 68.5 cm³/mol. The number of nitrogens with two attached hydrogens (primary N) is 1. The summed E-state index contributed by atoms with van der Waals surface area (Å²) >= 11 is 0. The summed E-state index contributed by atoms with van der Waals surface area (Å²) in [6, 6.07) is 4.94. The van der Waals surface area contributed by atoms with Gasteiger partial charge in [-0.2, -0.15) is 0 Å². The van der Waals surface area contributed by atoms with E-state index in [1.807, 2.05) is 0 Å². The summed E-state index contributed by atoms with van der Waals surface area (Å²) in [6.45, 7) is 0.296. The molecule has 1 saturated carbocycles. The molecular weight excluding hydrogens is 232 g/mol. The van der Waals surface area contributed by atoms with Crippen LogP contribution < -0.4 is 10.5 Å². The smallest absolute Gasteiger partial charge is 0.311 e. The summed E-state index contributed by atoms with van der Waals surface area (Å²) in [5.41, 5.74) is 6.25. The fourth-order valence-corrected chi connectivity index (χ4v) is 2.29. The molecule has 0 bridgehead atoms. The number of benzene rings is 1. The molecular formula is C13H18N2O3. The van der Waals surface area contributed by atoms with Crippen molar-refractivity contribution >= 4 is 5.69 Å². The Hall–Kier alpha value is -1.62. The van der Waals surface area contributed by atoms with Gasteiger partial charge in [-0.1, -0.05) is 12.5 Å². The van der Waals surface area contributed by atoms with Gasteiger partial charge in [0.2, 0.25) is 0 Å². The van der Waals surface area contributed by atoms with E-state index in [0.717, 1.165) is 31.2 Å². The molecule has 2 rings (SSSR count). The van der Waals surface area contributed by atoms with Crippen molar-refractivity contribution < 1.29 is 9.66 Å². The number of ether oxygens (including phenoxy) is 1. The number of nitro groups is 1. The van der Waals surface area contributed by atoms with Crippen LogP contribution in [0.3, 0.4) is 0 Å². The van der Waals surface area contributed by atoms with Gasteiger partial charge in [0, 0.05) is 12.6 Å². The maximum atomic E-state index is 11.0. The Morgan fingerprint density at radius 3 is 2.67 bits per heavy atom. The van der Waals surface area contributed by atoms with E-state index in [-0.39, 0.29) is 11.8 Å². The van der Waals surface area contributed by atoms with Gasteiger partial charge in [-0.25, -0.2) is 0 Å². The van der Waals surface area contributed by atoms with E-state index >= 15 is 0 Å². The zero-order valence-electron chi connectivity index (χ0n) is 10.3. The summed E-state index contributed by atoms with van der Waals surface area (Å²) in [6.07, 6.45) is 5.58. The molecule has 0 saturated heterocycles. The molecule has 2 N–H and O–H groups in total. The lowest BCUT2D eigenvalue weighted by Crippen LogP contribution is -2.20. The van der Waals surface area contributed by atoms with Crippen LogP contribution in [0.5, 0.6) is 5.75 Å². The number of nitro benzene ring substituents is 1. The van der Waals surface area contributed by atoms with Gasteiger partial charge in [0.15, 0.2) is 5.75 Å². The monoisotopic (exact) mass is 250 g/mol. The summed E-state index contributed by atoms with van der Waals surface area (Å²) in [5.74, 6) is 0.365. The lowest BCUT2D eigenvalue weighted by Gasteiger charge is -2.22. The van der Waals surface area contributed by atoms with Gasteiger partial charge < -0.3 is 10.5 Å². The van der Waals surface area contributed by atoms with E-state index in [1.54, 1.807) is 12.1 Å². The highest BCUT2D eigenvalue weighted by Crippen LogP contribution is 2.31. The van der Waals surface area contributed by atoms with Crippen LogP contribution in [0.2, 0.25) is 0 Å². The van der Waals surface area contributed by atoms with Crippen molar-refractivity contribution in [3.8, 4) is 5.75 Å². The first-order valence-corrected chi connectivity index (χ1v) is 6.34. The minimum absolute atomic E-state index is 0.0172. The molecule has 1 aliphatic rings. The normalized spacial score (nSPS) is 16.5. The van der Waals surface area contributed by atoms with Crippen molar-refractivity contribution in [1.82, 2.24) is 0 Å². The van der Waals surface area contributed by atoms with Crippen LogP contribution in [0.15, 0.2) is 18.2 Å². The fourth-order valence-electron chi connectivity index (χ4n) is 2.29. The van der Waals surface area contributed by atoms with Gasteiger partial charge in [0.05, 0.1) is 11.0 Å². The maximum absolute atomic E-state index is 11.0. The molecule has 1 aromatic carbocycles. The second-order valence-electron chi connectivity index (χ2n) is 4.64. The predicted octanol–water partition coefficient (Wildman–Crippen LogP) is 2.77. The first kappa shape index (κ1) is 12.8. The molecule has 1 aromatic rings. The van der Waals surface area contributed by atoms with E-state index in [4.69, 9.17) is 10.5 Å². The van der Waals surface area contributed by atoms with E-state index in [2.05, 4.69) is 0 Å². The summed E-state index contributed by atoms with van der Waals surface area (Å²) in [4.78, 5) is 10.6. The lowest BCUT2D eigenvalue weighted by atomic mass is 9.98. The van der Waals surface area contributed by atoms with E-state index < -0.39 is 4.92 Å². The van der Waals surface area contributed by atoms with Gasteiger partial charge in [-0.3, -0.25) is 10.1 Å². The maximum Gasteiger partial charge on any atom is 0.311 e. The molecule has 0 amide bonds. The van der Waals surface area contributed by atoms with Crippen molar-refractivity contribution in [2.45, 2.75) is 44.8 Å². The Bertz CT molecular complexity index is 428. The van der Waals surface area contributed by atoms with Gasteiger partial charge in [-0.15, -0.1) is 0 Å². The number of nitrogens with zero attached hydrogens (tertiary/aromatic N) is 1.